The molecular formula is C23H36IN7O. The summed E-state index contributed by atoms with van der Waals surface area (Å²) >= 11 is 0. The second-order valence-corrected chi connectivity index (χ2v) is 7.74. The van der Waals surface area contributed by atoms with Gasteiger partial charge in [-0.05, 0) is 18.9 Å². The number of halogens is 1. The molecule has 0 bridgehead atoms. The quantitative estimate of drug-likeness (QED) is 0.223. The Morgan fingerprint density at radius 1 is 1.16 bits per heavy atom. The Bertz CT molecular complexity index is 845. The van der Waals surface area contributed by atoms with Gasteiger partial charge >= 0.3 is 0 Å². The van der Waals surface area contributed by atoms with Gasteiger partial charge in [-0.2, -0.15) is 0 Å². The van der Waals surface area contributed by atoms with Crippen LogP contribution in [0, 0.1) is 6.92 Å². The van der Waals surface area contributed by atoms with E-state index in [1.165, 1.54) is 5.56 Å². The van der Waals surface area contributed by atoms with Crippen molar-refractivity contribution >= 4 is 36.0 Å². The Kier molecular flexibility index (Phi) is 11.7. The number of aryl methyl sites for hydroxylation is 1. The first-order chi connectivity index (χ1) is 15.2. The van der Waals surface area contributed by atoms with Crippen LogP contribution in [0.5, 0.6) is 0 Å². The van der Waals surface area contributed by atoms with E-state index >= 15 is 0 Å². The Balaban J connectivity index is 0.00000363. The number of nitrogens with zero attached hydrogens (tertiary/aromatic N) is 6. The number of guanidine groups is 1. The lowest BCUT2D eigenvalue weighted by Crippen LogP contribution is -2.52. The fourth-order valence-corrected chi connectivity index (χ4v) is 3.46. The molecule has 1 aliphatic rings. The SMILES string of the molecule is COCCCNC(=NCc1nnc(C)n1C)N1CCN(C/C=C/c2ccccc2)CC1.I. The standard InChI is InChI=1S/C23H35N7O.HI/c1-20-26-27-22(28(20)2)19-25-23(24-12-8-18-31-3)30-16-14-29(15-17-30)13-7-11-21-9-5-4-6-10-21;/h4-7,9-11H,8,12-19H2,1-3H3,(H,24,25);1H/b11-7+;. The predicted molar refractivity (Wildman–Crippen MR) is 140 cm³/mol. The molecule has 8 nitrogen and oxygen atoms in total. The minimum Gasteiger partial charge on any atom is -0.385 e. The summed E-state index contributed by atoms with van der Waals surface area (Å²) in [6.45, 7) is 8.95. The van der Waals surface area contributed by atoms with E-state index in [2.05, 4.69) is 61.7 Å². The molecule has 0 spiro atoms. The number of aliphatic imine (C=N–C) groups is 1. The highest BCUT2D eigenvalue weighted by Crippen LogP contribution is 2.06. The lowest BCUT2D eigenvalue weighted by molar-refractivity contribution is 0.189. The van der Waals surface area contributed by atoms with E-state index in [-0.39, 0.29) is 24.0 Å². The van der Waals surface area contributed by atoms with Crippen LogP contribution in [-0.4, -0.2) is 83.5 Å². The average molecular weight is 553 g/mol. The van der Waals surface area contributed by atoms with E-state index in [1.54, 1.807) is 7.11 Å². The fourth-order valence-electron chi connectivity index (χ4n) is 3.46. The number of nitrogens with one attached hydrogen (secondary N) is 1. The largest absolute Gasteiger partial charge is 0.385 e. The van der Waals surface area contributed by atoms with Crippen LogP contribution in [0.25, 0.3) is 6.08 Å². The monoisotopic (exact) mass is 553 g/mol. The van der Waals surface area contributed by atoms with E-state index in [0.717, 1.165) is 69.9 Å². The third kappa shape index (κ3) is 8.18. The van der Waals surface area contributed by atoms with Crippen LogP contribution in [0.4, 0.5) is 0 Å². The summed E-state index contributed by atoms with van der Waals surface area (Å²) in [5.74, 6) is 2.71. The summed E-state index contributed by atoms with van der Waals surface area (Å²) in [6, 6.07) is 10.4. The van der Waals surface area contributed by atoms with Crippen molar-refractivity contribution in [2.75, 3.05) is 53.0 Å². The minimum absolute atomic E-state index is 0. The van der Waals surface area contributed by atoms with E-state index in [9.17, 15) is 0 Å². The van der Waals surface area contributed by atoms with Crippen LogP contribution in [0.3, 0.4) is 0 Å². The minimum atomic E-state index is 0. The maximum atomic E-state index is 5.17. The van der Waals surface area contributed by atoms with Gasteiger partial charge in [0, 0.05) is 60.0 Å². The molecule has 32 heavy (non-hydrogen) atoms. The van der Waals surface area contributed by atoms with Gasteiger partial charge in [-0.15, -0.1) is 34.2 Å². The van der Waals surface area contributed by atoms with Crippen LogP contribution in [-0.2, 0) is 18.3 Å². The van der Waals surface area contributed by atoms with Gasteiger partial charge in [0.2, 0.25) is 0 Å². The zero-order chi connectivity index (χ0) is 21.9. The van der Waals surface area contributed by atoms with Crippen molar-refractivity contribution in [1.82, 2.24) is 29.9 Å². The van der Waals surface area contributed by atoms with Crippen LogP contribution < -0.4 is 5.32 Å². The number of hydrogen-bond acceptors (Lipinski definition) is 5. The number of benzene rings is 1. The van der Waals surface area contributed by atoms with E-state index in [4.69, 9.17) is 9.73 Å². The fraction of sp³-hybridized carbons (Fsp3) is 0.522. The Hall–Kier alpha value is -1.98. The van der Waals surface area contributed by atoms with E-state index in [1.807, 2.05) is 24.6 Å². The van der Waals surface area contributed by atoms with Crippen molar-refractivity contribution in [3.63, 3.8) is 0 Å². The molecule has 0 aliphatic carbocycles. The molecule has 0 unspecified atom stereocenters. The number of rotatable bonds is 9. The average Bonchev–Trinajstić information content (AvgIpc) is 3.12. The highest BCUT2D eigenvalue weighted by Gasteiger charge is 2.19. The van der Waals surface area contributed by atoms with Gasteiger partial charge in [-0.1, -0.05) is 42.5 Å². The van der Waals surface area contributed by atoms with Crippen LogP contribution in [0.2, 0.25) is 0 Å². The van der Waals surface area contributed by atoms with Crippen molar-refractivity contribution in [2.24, 2.45) is 12.0 Å². The summed E-state index contributed by atoms with van der Waals surface area (Å²) in [6.07, 6.45) is 5.39. The van der Waals surface area contributed by atoms with Gasteiger partial charge in [0.25, 0.3) is 0 Å². The smallest absolute Gasteiger partial charge is 0.194 e. The number of methoxy groups -OCH3 is 1. The molecule has 2 heterocycles. The van der Waals surface area contributed by atoms with Crippen LogP contribution in [0.15, 0.2) is 41.4 Å². The molecule has 0 saturated carbocycles. The van der Waals surface area contributed by atoms with Gasteiger partial charge in [0.15, 0.2) is 11.8 Å². The first kappa shape index (κ1) is 26.3. The second kappa shape index (κ2) is 14.2. The Morgan fingerprint density at radius 3 is 2.56 bits per heavy atom. The lowest BCUT2D eigenvalue weighted by atomic mass is 10.2. The molecule has 3 rings (SSSR count). The molecule has 1 N–H and O–H groups in total. The molecule has 2 aromatic rings. The highest BCUT2D eigenvalue weighted by molar-refractivity contribution is 14.0. The second-order valence-electron chi connectivity index (χ2n) is 7.74. The van der Waals surface area contributed by atoms with Crippen molar-refractivity contribution in [2.45, 2.75) is 19.9 Å². The van der Waals surface area contributed by atoms with Crippen LogP contribution >= 0.6 is 24.0 Å². The maximum absolute atomic E-state index is 5.17. The molecule has 1 aromatic carbocycles. The summed E-state index contributed by atoms with van der Waals surface area (Å²) in [4.78, 5) is 9.67. The zero-order valence-corrected chi connectivity index (χ0v) is 21.7. The molecule has 1 saturated heterocycles. The molecule has 0 atom stereocenters. The van der Waals surface area contributed by atoms with Gasteiger partial charge < -0.3 is 19.5 Å². The number of piperazine rings is 1. The zero-order valence-electron chi connectivity index (χ0n) is 19.4. The molecule has 9 heteroatoms. The maximum Gasteiger partial charge on any atom is 0.194 e. The van der Waals surface area contributed by atoms with Gasteiger partial charge in [-0.25, -0.2) is 4.99 Å². The molecule has 1 fully saturated rings. The van der Waals surface area contributed by atoms with Crippen molar-refractivity contribution in [3.05, 3.63) is 53.6 Å². The van der Waals surface area contributed by atoms with Crippen molar-refractivity contribution in [3.8, 4) is 0 Å². The molecule has 0 amide bonds. The van der Waals surface area contributed by atoms with Gasteiger partial charge in [-0.3, -0.25) is 4.90 Å². The number of hydrogen-bond donors (Lipinski definition) is 1. The molecule has 1 aromatic heterocycles. The third-order valence-electron chi connectivity index (χ3n) is 5.51. The molecular weight excluding hydrogens is 517 g/mol. The first-order valence-corrected chi connectivity index (χ1v) is 11.0. The normalized spacial score (nSPS) is 15.2. The lowest BCUT2D eigenvalue weighted by Gasteiger charge is -2.36. The molecule has 1 aliphatic heterocycles. The van der Waals surface area contributed by atoms with Gasteiger partial charge in [0.1, 0.15) is 12.4 Å². The summed E-state index contributed by atoms with van der Waals surface area (Å²) in [5, 5.41) is 11.9. The van der Waals surface area contributed by atoms with Crippen molar-refractivity contribution in [1.29, 1.82) is 0 Å². The van der Waals surface area contributed by atoms with E-state index in [0.29, 0.717) is 6.54 Å². The summed E-state index contributed by atoms with van der Waals surface area (Å²) < 4.78 is 7.16. The number of aromatic nitrogens is 3. The predicted octanol–water partition coefficient (Wildman–Crippen LogP) is 2.55. The molecule has 176 valence electrons. The Morgan fingerprint density at radius 2 is 1.91 bits per heavy atom. The molecule has 0 radical (unpaired) electrons. The van der Waals surface area contributed by atoms with Crippen molar-refractivity contribution < 1.29 is 4.74 Å². The third-order valence-corrected chi connectivity index (χ3v) is 5.51. The highest BCUT2D eigenvalue weighted by atomic mass is 127. The van der Waals surface area contributed by atoms with E-state index < -0.39 is 0 Å². The summed E-state index contributed by atoms with van der Waals surface area (Å²) in [5.41, 5.74) is 1.25. The number of ether oxygens (including phenoxy) is 1. The topological polar surface area (TPSA) is 70.8 Å². The Labute approximate surface area is 208 Å². The van der Waals surface area contributed by atoms with Gasteiger partial charge in [0.05, 0.1) is 0 Å². The first-order valence-electron chi connectivity index (χ1n) is 11.0. The van der Waals surface area contributed by atoms with Crippen LogP contribution in [0.1, 0.15) is 23.6 Å². The summed E-state index contributed by atoms with van der Waals surface area (Å²) in [7, 11) is 3.71.